The van der Waals surface area contributed by atoms with Gasteiger partial charge in [-0.25, -0.2) is 9.59 Å². The molecule has 52 heavy (non-hydrogen) atoms. The minimum Gasteiger partial charge on any atom is -0.459 e. The Morgan fingerprint density at radius 2 is 1.35 bits per heavy atom. The Labute approximate surface area is 295 Å². The van der Waals surface area contributed by atoms with Crippen LogP contribution in [0.2, 0.25) is 0 Å². The summed E-state index contributed by atoms with van der Waals surface area (Å²) in [5.74, 6) is -5.54. The quantitative estimate of drug-likeness (QED) is 0.0903. The lowest BCUT2D eigenvalue weighted by atomic mass is 9.51. The van der Waals surface area contributed by atoms with E-state index in [0.29, 0.717) is 0 Å². The molecule has 2 saturated carbocycles. The summed E-state index contributed by atoms with van der Waals surface area (Å²) in [6, 6.07) is 0. The van der Waals surface area contributed by atoms with Crippen molar-refractivity contribution < 1.29 is 98.2 Å². The molecule has 0 aromatic heterocycles. The number of fused-ring (bicyclic) bond motifs is 1. The van der Waals surface area contributed by atoms with Crippen molar-refractivity contribution in [3.63, 3.8) is 0 Å². The van der Waals surface area contributed by atoms with Gasteiger partial charge < -0.3 is 83.9 Å². The summed E-state index contributed by atoms with van der Waals surface area (Å²) in [5.41, 5.74) is -10.0. The number of hydrogen-bond acceptors (Lipinski definition) is 20. The predicted octanol–water partition coefficient (Wildman–Crippen LogP) is -5.72. The molecular formula is C32H44O20. The number of esters is 3. The SMILES string of the molecule is C[C@@H]1C(=O)O[C@H]2[C@H](O)[C@@]34[C@H]5C[C@@H](C(C)(C)C)[C@]36[C@@H](OC(=O)[C@@H]6O[C@@H]3O[C@H](CO)[C@@H](O)[C@H](O)[C@H]3O)O[C@@]4(C(=O)O5)[C@@]12O[C@@H]1O[C@H](CO)[C@@H](O)[C@H](O)[C@H]1O. The van der Waals surface area contributed by atoms with E-state index in [1.54, 1.807) is 0 Å². The zero-order valence-corrected chi connectivity index (χ0v) is 28.5. The molecule has 21 atom stereocenters. The maximum atomic E-state index is 14.7. The Hall–Kier alpha value is -2.15. The Morgan fingerprint density at radius 3 is 1.92 bits per heavy atom. The van der Waals surface area contributed by atoms with Crippen LogP contribution in [-0.2, 0) is 52.3 Å². The fourth-order valence-electron chi connectivity index (χ4n) is 11.2. The minimum absolute atomic E-state index is 0.0374. The van der Waals surface area contributed by atoms with E-state index in [9.17, 15) is 60.3 Å². The molecule has 20 nitrogen and oxygen atoms in total. The number of carbonyl (C=O) groups is 3. The third-order valence-corrected chi connectivity index (χ3v) is 13.2. The van der Waals surface area contributed by atoms with Gasteiger partial charge in [-0.2, -0.15) is 0 Å². The summed E-state index contributed by atoms with van der Waals surface area (Å²) in [6.45, 7) is 5.06. The molecule has 8 rings (SSSR count). The smallest absolute Gasteiger partial charge is 0.343 e. The summed E-state index contributed by atoms with van der Waals surface area (Å²) >= 11 is 0. The fourth-order valence-corrected chi connectivity index (χ4v) is 11.2. The summed E-state index contributed by atoms with van der Waals surface area (Å²) in [5, 5.41) is 96.6. The van der Waals surface area contributed by atoms with Crippen molar-refractivity contribution in [1.82, 2.24) is 0 Å². The Kier molecular flexibility index (Phi) is 8.10. The van der Waals surface area contributed by atoms with Gasteiger partial charge in [0.25, 0.3) is 0 Å². The highest BCUT2D eigenvalue weighted by Crippen LogP contribution is 2.85. The fraction of sp³-hybridized carbons (Fsp3) is 0.906. The topological polar surface area (TPSA) is 307 Å². The van der Waals surface area contributed by atoms with Gasteiger partial charge in [0.15, 0.2) is 30.4 Å². The van der Waals surface area contributed by atoms with Crippen LogP contribution in [0.3, 0.4) is 0 Å². The molecule has 0 radical (unpaired) electrons. The highest BCUT2D eigenvalue weighted by molar-refractivity contribution is 5.94. The number of aliphatic hydroxyl groups excluding tert-OH is 9. The van der Waals surface area contributed by atoms with E-state index < -0.39 is 163 Å². The van der Waals surface area contributed by atoms with Crippen molar-refractivity contribution >= 4 is 17.9 Å². The third kappa shape index (κ3) is 3.86. The average molecular weight is 749 g/mol. The summed E-state index contributed by atoms with van der Waals surface area (Å²) < 4.78 is 48.2. The zero-order chi connectivity index (χ0) is 37.8. The Bertz CT molecular complexity index is 1520. The first kappa shape index (κ1) is 36.8. The summed E-state index contributed by atoms with van der Waals surface area (Å²) in [6.07, 6.45) is -27.0. The monoisotopic (exact) mass is 748 g/mol. The van der Waals surface area contributed by atoms with Gasteiger partial charge in [0.05, 0.1) is 30.0 Å². The molecule has 0 aromatic carbocycles. The maximum Gasteiger partial charge on any atom is 0.343 e. The van der Waals surface area contributed by atoms with Gasteiger partial charge in [-0.05, 0) is 24.7 Å². The lowest BCUT2D eigenvalue weighted by Gasteiger charge is -2.50. The van der Waals surface area contributed by atoms with Crippen molar-refractivity contribution in [1.29, 1.82) is 0 Å². The van der Waals surface area contributed by atoms with Gasteiger partial charge in [0.2, 0.25) is 11.9 Å². The highest BCUT2D eigenvalue weighted by Gasteiger charge is 3.04. The van der Waals surface area contributed by atoms with E-state index in [-0.39, 0.29) is 6.42 Å². The predicted molar refractivity (Wildman–Crippen MR) is 157 cm³/mol. The second-order valence-electron chi connectivity index (χ2n) is 16.3. The van der Waals surface area contributed by atoms with Crippen LogP contribution in [0, 0.1) is 28.1 Å². The summed E-state index contributed by atoms with van der Waals surface area (Å²) in [7, 11) is 0. The second kappa shape index (κ2) is 11.4. The first-order valence-electron chi connectivity index (χ1n) is 17.3. The van der Waals surface area contributed by atoms with Gasteiger partial charge in [-0.3, -0.25) is 4.79 Å². The van der Waals surface area contributed by atoms with E-state index in [2.05, 4.69) is 0 Å². The van der Waals surface area contributed by atoms with E-state index in [0.717, 1.165) is 0 Å². The van der Waals surface area contributed by atoms with Crippen molar-refractivity contribution in [2.45, 2.75) is 137 Å². The number of ether oxygens (including phenoxy) is 8. The molecule has 292 valence electrons. The first-order chi connectivity index (χ1) is 24.3. The number of hydrogen-bond donors (Lipinski definition) is 9. The minimum atomic E-state index is -2.61. The number of carbonyl (C=O) groups excluding carboxylic acids is 3. The molecular weight excluding hydrogens is 704 g/mol. The van der Waals surface area contributed by atoms with Gasteiger partial charge in [-0.1, -0.05) is 20.8 Å². The second-order valence-corrected chi connectivity index (χ2v) is 16.3. The number of aliphatic hydroxyl groups is 9. The van der Waals surface area contributed by atoms with E-state index in [1.165, 1.54) is 6.92 Å². The van der Waals surface area contributed by atoms with Crippen LogP contribution in [0.25, 0.3) is 0 Å². The maximum absolute atomic E-state index is 14.7. The molecule has 2 spiro atoms. The van der Waals surface area contributed by atoms with Crippen LogP contribution < -0.4 is 0 Å². The third-order valence-electron chi connectivity index (χ3n) is 13.2. The molecule has 6 heterocycles. The molecule has 0 unspecified atom stereocenters. The molecule has 20 heteroatoms. The Morgan fingerprint density at radius 1 is 0.769 bits per heavy atom. The van der Waals surface area contributed by atoms with E-state index in [1.807, 2.05) is 20.8 Å². The van der Waals surface area contributed by atoms with E-state index in [4.69, 9.17) is 37.9 Å². The largest absolute Gasteiger partial charge is 0.459 e. The van der Waals surface area contributed by atoms with Crippen molar-refractivity contribution in [2.24, 2.45) is 28.1 Å². The molecule has 0 bridgehead atoms. The van der Waals surface area contributed by atoms with Gasteiger partial charge in [-0.15, -0.1) is 0 Å². The normalized spacial score (nSPS) is 57.6. The van der Waals surface area contributed by atoms with Crippen molar-refractivity contribution in [2.75, 3.05) is 13.2 Å². The van der Waals surface area contributed by atoms with Crippen LogP contribution >= 0.6 is 0 Å². The standard InChI is InChI=1S/C32H44O20/c1-8-22(42)48-20-19(41)30-12-5-11(28(2,3)4)29(30)21(49-24-17(39)15(37)13(35)9(6-33)45-24)23(43)50-27(29)52-32(30,26(44)47-12)31(8,20)51-25-18(40)16(38)14(36)10(7-34)46-25/h8-21,24-25,27,33-41H,5-7H2,1-4H3/t8-,9-,10-,11+,12-,13-,14-,15+,16+,17-,18-,19+,20+,21+,24+,25+,27+,29+,30+,31-,32-/m1/s1. The lowest BCUT2D eigenvalue weighted by Crippen LogP contribution is -2.71. The molecule has 6 aliphatic heterocycles. The zero-order valence-electron chi connectivity index (χ0n) is 28.5. The number of rotatable bonds is 6. The van der Waals surface area contributed by atoms with Gasteiger partial charge >= 0.3 is 17.9 Å². The molecule has 8 fully saturated rings. The molecule has 9 N–H and O–H groups in total. The lowest BCUT2D eigenvalue weighted by molar-refractivity contribution is -0.355. The molecule has 2 aliphatic carbocycles. The first-order valence-corrected chi connectivity index (χ1v) is 17.3. The molecule has 8 aliphatic rings. The molecule has 6 saturated heterocycles. The van der Waals surface area contributed by atoms with Crippen LogP contribution in [0.15, 0.2) is 0 Å². The molecule has 0 amide bonds. The Balaban J connectivity index is 1.32. The average Bonchev–Trinajstić information content (AvgIpc) is 3.82. The van der Waals surface area contributed by atoms with Crippen LogP contribution in [0.5, 0.6) is 0 Å². The van der Waals surface area contributed by atoms with Gasteiger partial charge in [0.1, 0.15) is 61.0 Å². The molecule has 0 aromatic rings. The van der Waals surface area contributed by atoms with Crippen LogP contribution in [-0.4, -0.2) is 180 Å². The highest BCUT2D eigenvalue weighted by atomic mass is 16.8. The van der Waals surface area contributed by atoms with Crippen LogP contribution in [0.1, 0.15) is 34.1 Å². The summed E-state index contributed by atoms with van der Waals surface area (Å²) in [4.78, 5) is 42.2. The van der Waals surface area contributed by atoms with Gasteiger partial charge in [0, 0.05) is 0 Å². The van der Waals surface area contributed by atoms with Crippen molar-refractivity contribution in [3.05, 3.63) is 0 Å². The van der Waals surface area contributed by atoms with Crippen LogP contribution in [0.4, 0.5) is 0 Å². The van der Waals surface area contributed by atoms with E-state index >= 15 is 0 Å². The van der Waals surface area contributed by atoms with Crippen molar-refractivity contribution in [3.8, 4) is 0 Å².